The Kier molecular flexibility index (Phi) is 6.32. The number of hydrogen-bond donors (Lipinski definition) is 2. The van der Waals surface area contributed by atoms with Gasteiger partial charge in [0, 0.05) is 17.3 Å². The van der Waals surface area contributed by atoms with Gasteiger partial charge in [-0.25, -0.2) is 4.98 Å². The maximum absolute atomic E-state index is 12.4. The standard InChI is InChI=1S/C18H20ClN3O2/c1-3-4-11-20-17(23)15-9-6-10-16(21-15)18(24)22-14-8-5-7-13(19)12(14)2/h5-10H,3-4,11H2,1-2H3,(H,20,23)(H,22,24). The summed E-state index contributed by atoms with van der Waals surface area (Å²) in [5, 5.41) is 6.12. The minimum absolute atomic E-state index is 0.178. The summed E-state index contributed by atoms with van der Waals surface area (Å²) in [5.74, 6) is -0.666. The molecular weight excluding hydrogens is 326 g/mol. The smallest absolute Gasteiger partial charge is 0.274 e. The Hall–Kier alpha value is -2.40. The van der Waals surface area contributed by atoms with Crippen LogP contribution in [0.3, 0.4) is 0 Å². The van der Waals surface area contributed by atoms with E-state index in [-0.39, 0.29) is 23.2 Å². The number of pyridine rings is 1. The van der Waals surface area contributed by atoms with Crippen LogP contribution in [0.2, 0.25) is 5.02 Å². The number of benzene rings is 1. The van der Waals surface area contributed by atoms with Crippen molar-refractivity contribution in [1.82, 2.24) is 10.3 Å². The molecular formula is C18H20ClN3O2. The van der Waals surface area contributed by atoms with E-state index in [2.05, 4.69) is 15.6 Å². The lowest BCUT2D eigenvalue weighted by Crippen LogP contribution is -2.26. The van der Waals surface area contributed by atoms with Crippen LogP contribution in [0.5, 0.6) is 0 Å². The molecule has 1 aromatic heterocycles. The van der Waals surface area contributed by atoms with Gasteiger partial charge in [-0.3, -0.25) is 9.59 Å². The Morgan fingerprint density at radius 2 is 1.75 bits per heavy atom. The molecule has 0 unspecified atom stereocenters. The van der Waals surface area contributed by atoms with Crippen LogP contribution in [0.4, 0.5) is 5.69 Å². The number of nitrogens with zero attached hydrogens (tertiary/aromatic N) is 1. The van der Waals surface area contributed by atoms with Gasteiger partial charge in [-0.2, -0.15) is 0 Å². The van der Waals surface area contributed by atoms with Crippen LogP contribution in [0, 0.1) is 6.92 Å². The number of amides is 2. The van der Waals surface area contributed by atoms with Crippen LogP contribution in [-0.2, 0) is 0 Å². The summed E-state index contributed by atoms with van der Waals surface area (Å²) in [6.07, 6.45) is 1.90. The summed E-state index contributed by atoms with van der Waals surface area (Å²) in [4.78, 5) is 28.5. The maximum atomic E-state index is 12.4. The molecule has 2 rings (SSSR count). The molecule has 0 saturated heterocycles. The van der Waals surface area contributed by atoms with Gasteiger partial charge in [0.2, 0.25) is 0 Å². The molecule has 1 heterocycles. The Bertz CT molecular complexity index is 747. The highest BCUT2D eigenvalue weighted by Gasteiger charge is 2.13. The zero-order valence-electron chi connectivity index (χ0n) is 13.7. The molecule has 24 heavy (non-hydrogen) atoms. The van der Waals surface area contributed by atoms with Gasteiger partial charge in [-0.1, -0.05) is 37.1 Å². The molecule has 0 saturated carbocycles. The molecule has 6 heteroatoms. The molecule has 0 atom stereocenters. The molecule has 1 aromatic carbocycles. The quantitative estimate of drug-likeness (QED) is 0.782. The summed E-state index contributed by atoms with van der Waals surface area (Å²) in [7, 11) is 0. The largest absolute Gasteiger partial charge is 0.351 e. The monoisotopic (exact) mass is 345 g/mol. The van der Waals surface area contributed by atoms with Crippen molar-refractivity contribution in [3.05, 3.63) is 58.4 Å². The Morgan fingerprint density at radius 1 is 1.08 bits per heavy atom. The van der Waals surface area contributed by atoms with Crippen molar-refractivity contribution in [2.24, 2.45) is 0 Å². The van der Waals surface area contributed by atoms with E-state index in [1.165, 1.54) is 0 Å². The normalized spacial score (nSPS) is 10.3. The topological polar surface area (TPSA) is 71.1 Å². The van der Waals surface area contributed by atoms with Gasteiger partial charge in [-0.15, -0.1) is 0 Å². The van der Waals surface area contributed by atoms with Gasteiger partial charge in [0.05, 0.1) is 0 Å². The van der Waals surface area contributed by atoms with Crippen molar-refractivity contribution < 1.29 is 9.59 Å². The fourth-order valence-electron chi connectivity index (χ4n) is 2.09. The molecule has 0 aliphatic carbocycles. The van der Waals surface area contributed by atoms with E-state index in [4.69, 9.17) is 11.6 Å². The molecule has 0 aliphatic heterocycles. The number of hydrogen-bond acceptors (Lipinski definition) is 3. The second-order valence-corrected chi connectivity index (χ2v) is 5.79. The third kappa shape index (κ3) is 4.55. The van der Waals surface area contributed by atoms with Gasteiger partial charge in [0.1, 0.15) is 11.4 Å². The van der Waals surface area contributed by atoms with Crippen molar-refractivity contribution in [2.45, 2.75) is 26.7 Å². The summed E-state index contributed by atoms with van der Waals surface area (Å²) < 4.78 is 0. The fraction of sp³-hybridized carbons (Fsp3) is 0.278. The van der Waals surface area contributed by atoms with Gasteiger partial charge in [-0.05, 0) is 43.2 Å². The lowest BCUT2D eigenvalue weighted by Gasteiger charge is -2.10. The van der Waals surface area contributed by atoms with Crippen LogP contribution in [-0.4, -0.2) is 23.3 Å². The fourth-order valence-corrected chi connectivity index (χ4v) is 2.26. The number of rotatable bonds is 6. The summed E-state index contributed by atoms with van der Waals surface area (Å²) in [6, 6.07) is 10.1. The Balaban J connectivity index is 2.11. The highest BCUT2D eigenvalue weighted by molar-refractivity contribution is 6.31. The highest BCUT2D eigenvalue weighted by atomic mass is 35.5. The van der Waals surface area contributed by atoms with E-state index in [1.807, 2.05) is 13.8 Å². The molecule has 5 nitrogen and oxygen atoms in total. The zero-order chi connectivity index (χ0) is 17.5. The van der Waals surface area contributed by atoms with Crippen LogP contribution in [0.15, 0.2) is 36.4 Å². The van der Waals surface area contributed by atoms with E-state index in [0.29, 0.717) is 17.3 Å². The highest BCUT2D eigenvalue weighted by Crippen LogP contribution is 2.23. The zero-order valence-corrected chi connectivity index (χ0v) is 14.5. The summed E-state index contributed by atoms with van der Waals surface area (Å²) in [6.45, 7) is 4.46. The van der Waals surface area contributed by atoms with Crippen molar-refractivity contribution in [3.8, 4) is 0 Å². The second kappa shape index (κ2) is 8.45. The first kappa shape index (κ1) is 17.9. The summed E-state index contributed by atoms with van der Waals surface area (Å²) >= 11 is 6.05. The van der Waals surface area contributed by atoms with Gasteiger partial charge < -0.3 is 10.6 Å². The van der Waals surface area contributed by atoms with E-state index in [0.717, 1.165) is 18.4 Å². The maximum Gasteiger partial charge on any atom is 0.274 e. The molecule has 126 valence electrons. The number of carbonyl (C=O) groups is 2. The van der Waals surface area contributed by atoms with E-state index in [9.17, 15) is 9.59 Å². The van der Waals surface area contributed by atoms with Gasteiger partial charge >= 0.3 is 0 Å². The molecule has 0 radical (unpaired) electrons. The molecule has 2 N–H and O–H groups in total. The molecule has 0 bridgehead atoms. The number of carbonyl (C=O) groups excluding carboxylic acids is 2. The van der Waals surface area contributed by atoms with Crippen LogP contribution in [0.25, 0.3) is 0 Å². The van der Waals surface area contributed by atoms with Crippen molar-refractivity contribution in [1.29, 1.82) is 0 Å². The van der Waals surface area contributed by atoms with Crippen molar-refractivity contribution in [3.63, 3.8) is 0 Å². The Morgan fingerprint density at radius 3 is 2.46 bits per heavy atom. The van der Waals surface area contributed by atoms with Crippen molar-refractivity contribution in [2.75, 3.05) is 11.9 Å². The first-order chi connectivity index (χ1) is 11.5. The predicted molar refractivity (Wildman–Crippen MR) is 95.6 cm³/mol. The third-order valence-electron chi connectivity index (χ3n) is 3.55. The number of anilines is 1. The third-order valence-corrected chi connectivity index (χ3v) is 3.96. The van der Waals surface area contributed by atoms with Crippen molar-refractivity contribution >= 4 is 29.1 Å². The van der Waals surface area contributed by atoms with Crippen LogP contribution in [0.1, 0.15) is 46.3 Å². The lowest BCUT2D eigenvalue weighted by atomic mass is 10.2. The summed E-state index contributed by atoms with van der Waals surface area (Å²) in [5.41, 5.74) is 1.80. The number of halogens is 1. The van der Waals surface area contributed by atoms with E-state index < -0.39 is 0 Å². The lowest BCUT2D eigenvalue weighted by molar-refractivity contribution is 0.0948. The molecule has 0 spiro atoms. The average molecular weight is 346 g/mol. The molecule has 2 aromatic rings. The van der Waals surface area contributed by atoms with Crippen LogP contribution < -0.4 is 10.6 Å². The number of aromatic nitrogens is 1. The van der Waals surface area contributed by atoms with Gasteiger partial charge in [0.25, 0.3) is 11.8 Å². The Labute approximate surface area is 146 Å². The van der Waals surface area contributed by atoms with Crippen LogP contribution >= 0.6 is 11.6 Å². The molecule has 0 fully saturated rings. The predicted octanol–water partition coefficient (Wildman–Crippen LogP) is 3.83. The second-order valence-electron chi connectivity index (χ2n) is 5.38. The number of nitrogens with one attached hydrogen (secondary N) is 2. The first-order valence-corrected chi connectivity index (χ1v) is 8.22. The van der Waals surface area contributed by atoms with Gasteiger partial charge in [0.15, 0.2) is 0 Å². The van der Waals surface area contributed by atoms with E-state index in [1.54, 1.807) is 36.4 Å². The minimum atomic E-state index is -0.386. The average Bonchev–Trinajstić information content (AvgIpc) is 2.59. The van der Waals surface area contributed by atoms with E-state index >= 15 is 0 Å². The molecule has 2 amide bonds. The SMILES string of the molecule is CCCCNC(=O)c1cccc(C(=O)Nc2cccc(Cl)c2C)n1. The molecule has 0 aliphatic rings. The number of unbranched alkanes of at least 4 members (excludes halogenated alkanes) is 1. The minimum Gasteiger partial charge on any atom is -0.351 e. The first-order valence-electron chi connectivity index (χ1n) is 7.84.